The fourth-order valence-electron chi connectivity index (χ4n) is 2.99. The third-order valence-corrected chi connectivity index (χ3v) is 4.35. The number of H-pyrrole nitrogens is 1. The molecule has 126 valence electrons. The molecule has 0 fully saturated rings. The lowest BCUT2D eigenvalue weighted by Gasteiger charge is -2.05. The number of carbonyl (C=O) groups excluding carboxylic acids is 1. The molecule has 0 saturated heterocycles. The number of aryl methyl sites for hydroxylation is 2. The van der Waals surface area contributed by atoms with Gasteiger partial charge in [0.05, 0.1) is 35.8 Å². The highest BCUT2D eigenvalue weighted by Crippen LogP contribution is 2.17. The molecule has 0 spiro atoms. The van der Waals surface area contributed by atoms with E-state index < -0.39 is 0 Å². The minimum absolute atomic E-state index is 0.0169. The predicted octanol–water partition coefficient (Wildman–Crippen LogP) is 2.93. The molecule has 2 aromatic heterocycles. The Morgan fingerprint density at radius 2 is 2.08 bits per heavy atom. The molecule has 6 heteroatoms. The largest absolute Gasteiger partial charge is 0.349 e. The summed E-state index contributed by atoms with van der Waals surface area (Å²) in [7, 11) is 0. The van der Waals surface area contributed by atoms with Gasteiger partial charge >= 0.3 is 0 Å². The first-order valence-electron chi connectivity index (χ1n) is 8.32. The van der Waals surface area contributed by atoms with Gasteiger partial charge in [-0.05, 0) is 30.7 Å². The maximum Gasteiger partial charge on any atom is 0.222 e. The number of benzene rings is 2. The van der Waals surface area contributed by atoms with Crippen molar-refractivity contribution < 1.29 is 4.79 Å². The van der Waals surface area contributed by atoms with E-state index in [9.17, 15) is 4.79 Å². The van der Waals surface area contributed by atoms with Crippen LogP contribution in [0.3, 0.4) is 0 Å². The topological polar surface area (TPSA) is 75.6 Å². The molecule has 4 aromatic rings. The van der Waals surface area contributed by atoms with E-state index in [4.69, 9.17) is 0 Å². The molecule has 0 saturated carbocycles. The summed E-state index contributed by atoms with van der Waals surface area (Å²) in [5.74, 6) is 0.742. The van der Waals surface area contributed by atoms with Crippen LogP contribution in [0.1, 0.15) is 17.8 Å². The molecule has 25 heavy (non-hydrogen) atoms. The lowest BCUT2D eigenvalue weighted by Crippen LogP contribution is -2.24. The Labute approximate surface area is 144 Å². The Bertz CT molecular complexity index is 1010. The summed E-state index contributed by atoms with van der Waals surface area (Å²) in [4.78, 5) is 19.8. The van der Waals surface area contributed by atoms with Crippen LogP contribution in [0.4, 0.5) is 0 Å². The van der Waals surface area contributed by atoms with Crippen LogP contribution in [0.25, 0.3) is 21.9 Å². The van der Waals surface area contributed by atoms with Crippen molar-refractivity contribution in [3.05, 3.63) is 60.0 Å². The van der Waals surface area contributed by atoms with E-state index >= 15 is 0 Å². The van der Waals surface area contributed by atoms with Crippen LogP contribution in [0.5, 0.6) is 0 Å². The number of fused-ring (bicyclic) bond motifs is 2. The van der Waals surface area contributed by atoms with Gasteiger partial charge < -0.3 is 10.3 Å². The van der Waals surface area contributed by atoms with E-state index in [-0.39, 0.29) is 5.91 Å². The van der Waals surface area contributed by atoms with Crippen LogP contribution in [-0.4, -0.2) is 25.7 Å². The molecule has 1 amide bonds. The SMILES string of the molecule is Cc1cccc2c1cnn2CCC(=O)NCc1nc2ccccc2[nH]1. The smallest absolute Gasteiger partial charge is 0.222 e. The number of para-hydroxylation sites is 2. The van der Waals surface area contributed by atoms with E-state index in [2.05, 4.69) is 33.4 Å². The Kier molecular flexibility index (Phi) is 3.93. The van der Waals surface area contributed by atoms with Crippen molar-refractivity contribution in [1.82, 2.24) is 25.1 Å². The van der Waals surface area contributed by atoms with Crippen LogP contribution >= 0.6 is 0 Å². The van der Waals surface area contributed by atoms with Crippen molar-refractivity contribution in [2.75, 3.05) is 0 Å². The summed E-state index contributed by atoms with van der Waals surface area (Å²) in [6, 6.07) is 13.9. The fourth-order valence-corrected chi connectivity index (χ4v) is 2.99. The van der Waals surface area contributed by atoms with Crippen molar-refractivity contribution >= 4 is 27.8 Å². The van der Waals surface area contributed by atoms with E-state index in [1.54, 1.807) is 0 Å². The highest BCUT2D eigenvalue weighted by atomic mass is 16.1. The van der Waals surface area contributed by atoms with E-state index in [0.717, 1.165) is 27.8 Å². The van der Waals surface area contributed by atoms with Gasteiger partial charge in [0.2, 0.25) is 5.91 Å². The van der Waals surface area contributed by atoms with Gasteiger partial charge in [-0.1, -0.05) is 24.3 Å². The lowest BCUT2D eigenvalue weighted by atomic mass is 10.1. The third-order valence-electron chi connectivity index (χ3n) is 4.35. The number of carbonyl (C=O) groups is 1. The zero-order valence-electron chi connectivity index (χ0n) is 14.0. The maximum atomic E-state index is 12.1. The molecule has 2 N–H and O–H groups in total. The second kappa shape index (κ2) is 6.39. The normalized spacial score (nSPS) is 11.2. The molecule has 0 aliphatic carbocycles. The molecule has 0 aliphatic heterocycles. The van der Waals surface area contributed by atoms with Crippen molar-refractivity contribution in [1.29, 1.82) is 0 Å². The predicted molar refractivity (Wildman–Crippen MR) is 97.0 cm³/mol. The first-order chi connectivity index (χ1) is 12.2. The molecule has 0 bridgehead atoms. The van der Waals surface area contributed by atoms with E-state index in [0.29, 0.717) is 19.5 Å². The van der Waals surface area contributed by atoms with Gasteiger partial charge in [0.15, 0.2) is 0 Å². The third kappa shape index (κ3) is 3.10. The molecule has 0 aliphatic rings. The molecular weight excluding hydrogens is 314 g/mol. The van der Waals surface area contributed by atoms with Gasteiger partial charge in [0.1, 0.15) is 5.82 Å². The number of amides is 1. The Balaban J connectivity index is 1.36. The fraction of sp³-hybridized carbons (Fsp3) is 0.211. The summed E-state index contributed by atoms with van der Waals surface area (Å²) < 4.78 is 1.88. The highest BCUT2D eigenvalue weighted by Gasteiger charge is 2.08. The molecule has 0 unspecified atom stereocenters. The van der Waals surface area contributed by atoms with Gasteiger partial charge in [-0.25, -0.2) is 4.98 Å². The van der Waals surface area contributed by atoms with Gasteiger partial charge in [-0.15, -0.1) is 0 Å². The number of nitrogens with one attached hydrogen (secondary N) is 2. The number of hydrogen-bond acceptors (Lipinski definition) is 3. The van der Waals surface area contributed by atoms with Gasteiger partial charge in [0.25, 0.3) is 0 Å². The molecular formula is C19H19N5O. The molecule has 4 rings (SSSR count). The highest BCUT2D eigenvalue weighted by molar-refractivity contribution is 5.82. The minimum atomic E-state index is -0.0169. The maximum absolute atomic E-state index is 12.1. The summed E-state index contributed by atoms with van der Waals surface area (Å²) >= 11 is 0. The van der Waals surface area contributed by atoms with E-state index in [1.807, 2.05) is 47.3 Å². The van der Waals surface area contributed by atoms with Crippen molar-refractivity contribution in [3.63, 3.8) is 0 Å². The zero-order chi connectivity index (χ0) is 17.2. The van der Waals surface area contributed by atoms with Crippen molar-refractivity contribution in [2.24, 2.45) is 0 Å². The molecule has 2 aromatic carbocycles. The number of nitrogens with zero attached hydrogens (tertiary/aromatic N) is 3. The number of imidazole rings is 1. The molecule has 6 nitrogen and oxygen atoms in total. The Morgan fingerprint density at radius 1 is 1.20 bits per heavy atom. The average Bonchev–Trinajstić information content (AvgIpc) is 3.22. The van der Waals surface area contributed by atoms with Crippen LogP contribution in [0.15, 0.2) is 48.7 Å². The summed E-state index contributed by atoms with van der Waals surface area (Å²) in [5, 5.41) is 8.43. The van der Waals surface area contributed by atoms with Crippen molar-refractivity contribution in [3.8, 4) is 0 Å². The van der Waals surface area contributed by atoms with E-state index in [1.165, 1.54) is 5.56 Å². The first-order valence-corrected chi connectivity index (χ1v) is 8.32. The van der Waals surface area contributed by atoms with Crippen molar-refractivity contribution in [2.45, 2.75) is 26.4 Å². The standard InChI is InChI=1S/C19H19N5O/c1-13-5-4-8-17-14(13)11-21-24(17)10-9-19(25)20-12-18-22-15-6-2-3-7-16(15)23-18/h2-8,11H,9-10,12H2,1H3,(H,20,25)(H,22,23). The summed E-state index contributed by atoms with van der Waals surface area (Å²) in [6.45, 7) is 3.01. The first kappa shape index (κ1) is 15.4. The number of rotatable bonds is 5. The average molecular weight is 333 g/mol. The monoisotopic (exact) mass is 333 g/mol. The van der Waals surface area contributed by atoms with Crippen LogP contribution in [0.2, 0.25) is 0 Å². The van der Waals surface area contributed by atoms with Crippen LogP contribution in [0, 0.1) is 6.92 Å². The molecule has 2 heterocycles. The summed E-state index contributed by atoms with van der Waals surface area (Å²) in [6.07, 6.45) is 2.24. The Hall–Kier alpha value is -3.15. The second-order valence-electron chi connectivity index (χ2n) is 6.10. The summed E-state index contributed by atoms with van der Waals surface area (Å²) in [5.41, 5.74) is 4.14. The lowest BCUT2D eigenvalue weighted by molar-refractivity contribution is -0.121. The number of aromatic nitrogens is 4. The zero-order valence-corrected chi connectivity index (χ0v) is 14.0. The second-order valence-corrected chi connectivity index (χ2v) is 6.10. The minimum Gasteiger partial charge on any atom is -0.349 e. The Morgan fingerprint density at radius 3 is 2.96 bits per heavy atom. The quantitative estimate of drug-likeness (QED) is 0.589. The number of aromatic amines is 1. The van der Waals surface area contributed by atoms with Gasteiger partial charge in [-0.2, -0.15) is 5.10 Å². The number of hydrogen-bond donors (Lipinski definition) is 2. The van der Waals surface area contributed by atoms with Gasteiger partial charge in [0, 0.05) is 11.8 Å². The van der Waals surface area contributed by atoms with Crippen LogP contribution in [-0.2, 0) is 17.9 Å². The van der Waals surface area contributed by atoms with Crippen LogP contribution < -0.4 is 5.32 Å². The molecule has 0 atom stereocenters. The molecule has 0 radical (unpaired) electrons. The van der Waals surface area contributed by atoms with Gasteiger partial charge in [-0.3, -0.25) is 9.48 Å².